The number of hydrogen-bond donors (Lipinski definition) is 0. The molecule has 106 valence electrons. The lowest BCUT2D eigenvalue weighted by atomic mass is 10.3. The highest BCUT2D eigenvalue weighted by Crippen LogP contribution is 2.08. The number of likely N-dealkylation sites (N-methyl/N-ethyl adjacent to an activating group) is 1. The van der Waals surface area contributed by atoms with Crippen molar-refractivity contribution in [2.24, 2.45) is 7.05 Å². The normalized spacial score (nSPS) is 10.3. The van der Waals surface area contributed by atoms with Gasteiger partial charge >= 0.3 is 5.97 Å². The number of aromatic nitrogens is 2. The van der Waals surface area contributed by atoms with Gasteiger partial charge in [-0.2, -0.15) is 5.10 Å². The van der Waals surface area contributed by atoms with Crippen molar-refractivity contribution in [1.82, 2.24) is 14.7 Å². The first kappa shape index (κ1) is 15.2. The molecule has 0 bridgehead atoms. The van der Waals surface area contributed by atoms with E-state index in [1.54, 1.807) is 24.7 Å². The maximum Gasteiger partial charge on any atom is 0.325 e. The van der Waals surface area contributed by atoms with Crippen molar-refractivity contribution in [3.8, 4) is 0 Å². The molecule has 1 rings (SSSR count). The van der Waals surface area contributed by atoms with Gasteiger partial charge in [0, 0.05) is 13.6 Å². The zero-order chi connectivity index (χ0) is 14.4. The molecule has 6 nitrogen and oxygen atoms in total. The van der Waals surface area contributed by atoms with Crippen LogP contribution >= 0.6 is 0 Å². The second kappa shape index (κ2) is 6.92. The van der Waals surface area contributed by atoms with Crippen molar-refractivity contribution in [2.75, 3.05) is 19.7 Å². The van der Waals surface area contributed by atoms with Crippen LogP contribution in [-0.2, 0) is 23.0 Å². The third-order valence-electron chi connectivity index (χ3n) is 2.81. The van der Waals surface area contributed by atoms with Gasteiger partial charge in [0.15, 0.2) is 0 Å². The zero-order valence-corrected chi connectivity index (χ0v) is 12.0. The maximum absolute atomic E-state index is 12.3. The molecule has 6 heteroatoms. The Labute approximate surface area is 113 Å². The van der Waals surface area contributed by atoms with Crippen LogP contribution in [-0.4, -0.2) is 46.3 Å². The highest BCUT2D eigenvalue weighted by molar-refractivity contribution is 5.94. The summed E-state index contributed by atoms with van der Waals surface area (Å²) in [5, 5.41) is 4.24. The molecule has 1 aromatic heterocycles. The number of aryl methyl sites for hydroxylation is 2. The largest absolute Gasteiger partial charge is 0.465 e. The molecule has 0 aliphatic carbocycles. The van der Waals surface area contributed by atoms with Crippen LogP contribution < -0.4 is 0 Å². The second-order valence-corrected chi connectivity index (χ2v) is 4.12. The molecule has 0 saturated carbocycles. The number of ether oxygens (including phenoxy) is 1. The standard InChI is InChI=1S/C13H21N3O3/c1-5-10-8-11(15(4)14-10)13(18)16(6-2)9-12(17)19-7-3/h8H,5-7,9H2,1-4H3. The van der Waals surface area contributed by atoms with Crippen LogP contribution in [0, 0.1) is 0 Å². The predicted molar refractivity (Wildman–Crippen MR) is 70.8 cm³/mol. The van der Waals surface area contributed by atoms with Gasteiger partial charge in [-0.1, -0.05) is 6.92 Å². The number of rotatable bonds is 6. The summed E-state index contributed by atoms with van der Waals surface area (Å²) >= 11 is 0. The number of hydrogen-bond acceptors (Lipinski definition) is 4. The molecule has 0 fully saturated rings. The molecule has 1 heterocycles. The Morgan fingerprint density at radius 3 is 2.53 bits per heavy atom. The molecule has 0 aromatic carbocycles. The minimum absolute atomic E-state index is 0.0319. The summed E-state index contributed by atoms with van der Waals surface area (Å²) < 4.78 is 6.41. The summed E-state index contributed by atoms with van der Waals surface area (Å²) in [5.41, 5.74) is 1.35. The third kappa shape index (κ3) is 3.81. The maximum atomic E-state index is 12.3. The first-order chi connectivity index (χ1) is 9.03. The van der Waals surface area contributed by atoms with Crippen molar-refractivity contribution >= 4 is 11.9 Å². The molecule has 0 radical (unpaired) electrons. The Balaban J connectivity index is 2.82. The molecule has 0 saturated heterocycles. The highest BCUT2D eigenvalue weighted by Gasteiger charge is 2.21. The molecule has 0 aliphatic heterocycles. The summed E-state index contributed by atoms with van der Waals surface area (Å²) in [4.78, 5) is 25.2. The lowest BCUT2D eigenvalue weighted by molar-refractivity contribution is -0.143. The van der Waals surface area contributed by atoms with Gasteiger partial charge in [-0.15, -0.1) is 0 Å². The van der Waals surface area contributed by atoms with Crippen LogP contribution in [0.3, 0.4) is 0 Å². The van der Waals surface area contributed by atoms with Crippen molar-refractivity contribution in [1.29, 1.82) is 0 Å². The van der Waals surface area contributed by atoms with Gasteiger partial charge in [0.2, 0.25) is 0 Å². The predicted octanol–water partition coefficient (Wildman–Crippen LogP) is 1.01. The fourth-order valence-corrected chi connectivity index (χ4v) is 1.75. The van der Waals surface area contributed by atoms with Crippen LogP contribution in [0.5, 0.6) is 0 Å². The van der Waals surface area contributed by atoms with Gasteiger partial charge in [0.1, 0.15) is 12.2 Å². The van der Waals surface area contributed by atoms with Crippen molar-refractivity contribution in [2.45, 2.75) is 27.2 Å². The molecular formula is C13H21N3O3. The summed E-state index contributed by atoms with van der Waals surface area (Å²) in [7, 11) is 1.73. The molecule has 0 aliphatic rings. The fourth-order valence-electron chi connectivity index (χ4n) is 1.75. The van der Waals surface area contributed by atoms with Gasteiger partial charge in [-0.05, 0) is 26.3 Å². The topological polar surface area (TPSA) is 64.4 Å². The quantitative estimate of drug-likeness (QED) is 0.721. The lowest BCUT2D eigenvalue weighted by Crippen LogP contribution is -2.37. The minimum atomic E-state index is -0.393. The van der Waals surface area contributed by atoms with E-state index in [1.807, 2.05) is 13.8 Å². The molecule has 1 amide bonds. The third-order valence-corrected chi connectivity index (χ3v) is 2.81. The summed E-state index contributed by atoms with van der Waals surface area (Å²) in [6, 6.07) is 1.76. The fraction of sp³-hybridized carbons (Fsp3) is 0.615. The smallest absolute Gasteiger partial charge is 0.325 e. The number of nitrogens with zero attached hydrogens (tertiary/aromatic N) is 3. The minimum Gasteiger partial charge on any atom is -0.465 e. The van der Waals surface area contributed by atoms with E-state index in [-0.39, 0.29) is 12.5 Å². The van der Waals surface area contributed by atoms with Crippen LogP contribution in [0.15, 0.2) is 6.07 Å². The van der Waals surface area contributed by atoms with Gasteiger partial charge in [0.05, 0.1) is 12.3 Å². The molecule has 1 aromatic rings. The van der Waals surface area contributed by atoms with Crippen molar-refractivity contribution < 1.29 is 14.3 Å². The van der Waals surface area contributed by atoms with E-state index in [9.17, 15) is 9.59 Å². The monoisotopic (exact) mass is 267 g/mol. The SMILES string of the molecule is CCOC(=O)CN(CC)C(=O)c1cc(CC)nn1C. The second-order valence-electron chi connectivity index (χ2n) is 4.12. The molecule has 0 unspecified atom stereocenters. The van der Waals surface area contributed by atoms with E-state index >= 15 is 0 Å². The average Bonchev–Trinajstić information content (AvgIpc) is 2.77. The average molecular weight is 267 g/mol. The van der Waals surface area contributed by atoms with E-state index in [1.165, 1.54) is 4.90 Å². The van der Waals surface area contributed by atoms with E-state index in [0.29, 0.717) is 18.8 Å². The highest BCUT2D eigenvalue weighted by atomic mass is 16.5. The summed E-state index contributed by atoms with van der Waals surface area (Å²) in [6.45, 7) is 6.28. The molecule has 0 N–H and O–H groups in total. The summed E-state index contributed by atoms with van der Waals surface area (Å²) in [5.74, 6) is -0.596. The summed E-state index contributed by atoms with van der Waals surface area (Å²) in [6.07, 6.45) is 0.769. The molecule has 0 atom stereocenters. The number of carbonyl (C=O) groups excluding carboxylic acids is 2. The molecular weight excluding hydrogens is 246 g/mol. The first-order valence-corrected chi connectivity index (χ1v) is 6.51. The Bertz CT molecular complexity index is 454. The van der Waals surface area contributed by atoms with Crippen LogP contribution in [0.2, 0.25) is 0 Å². The van der Waals surface area contributed by atoms with E-state index < -0.39 is 5.97 Å². The molecule has 19 heavy (non-hydrogen) atoms. The Morgan fingerprint density at radius 2 is 2.05 bits per heavy atom. The van der Waals surface area contributed by atoms with Crippen molar-refractivity contribution in [3.63, 3.8) is 0 Å². The van der Waals surface area contributed by atoms with Gasteiger partial charge in [0.25, 0.3) is 5.91 Å². The van der Waals surface area contributed by atoms with Gasteiger partial charge < -0.3 is 9.64 Å². The molecule has 0 spiro atoms. The first-order valence-electron chi connectivity index (χ1n) is 6.51. The number of carbonyl (C=O) groups is 2. The van der Waals surface area contributed by atoms with E-state index in [0.717, 1.165) is 12.1 Å². The Kier molecular flexibility index (Phi) is 5.54. The van der Waals surface area contributed by atoms with Gasteiger partial charge in [-0.3, -0.25) is 14.3 Å². The lowest BCUT2D eigenvalue weighted by Gasteiger charge is -2.19. The number of esters is 1. The van der Waals surface area contributed by atoms with Crippen LogP contribution in [0.4, 0.5) is 0 Å². The zero-order valence-electron chi connectivity index (χ0n) is 12.0. The Morgan fingerprint density at radius 1 is 1.37 bits per heavy atom. The van der Waals surface area contributed by atoms with Gasteiger partial charge in [-0.25, -0.2) is 0 Å². The van der Waals surface area contributed by atoms with Crippen LogP contribution in [0.1, 0.15) is 37.0 Å². The van der Waals surface area contributed by atoms with Crippen molar-refractivity contribution in [3.05, 3.63) is 17.5 Å². The number of amides is 1. The van der Waals surface area contributed by atoms with E-state index in [4.69, 9.17) is 4.74 Å². The Hall–Kier alpha value is -1.85. The van der Waals surface area contributed by atoms with Crippen LogP contribution in [0.25, 0.3) is 0 Å². The van der Waals surface area contributed by atoms with E-state index in [2.05, 4.69) is 5.10 Å².